The fourth-order valence-electron chi connectivity index (χ4n) is 1.73. The van der Waals surface area contributed by atoms with Gasteiger partial charge in [-0.05, 0) is 35.0 Å². The van der Waals surface area contributed by atoms with Gasteiger partial charge in [0.2, 0.25) is 5.16 Å². The van der Waals surface area contributed by atoms with E-state index in [1.54, 1.807) is 16.8 Å². The first kappa shape index (κ1) is 16.2. The highest BCUT2D eigenvalue weighted by Gasteiger charge is 2.10. The number of thioether (sulfide) groups is 1. The van der Waals surface area contributed by atoms with E-state index in [4.69, 9.17) is 11.6 Å². The third kappa shape index (κ3) is 4.66. The Balaban J connectivity index is 1.91. The van der Waals surface area contributed by atoms with Crippen LogP contribution in [0.5, 0.6) is 0 Å². The number of rotatable bonds is 8. The maximum Gasteiger partial charge on any atom is 0.209 e. The van der Waals surface area contributed by atoms with Crippen molar-refractivity contribution >= 4 is 23.4 Å². The molecule has 0 aliphatic carbocycles. The fraction of sp³-hybridized carbons (Fsp3) is 0.462. The Morgan fingerprint density at radius 1 is 1.38 bits per heavy atom. The Morgan fingerprint density at radius 3 is 3.05 bits per heavy atom. The highest BCUT2D eigenvalue weighted by Crippen LogP contribution is 2.26. The molecule has 2 rings (SSSR count). The van der Waals surface area contributed by atoms with Crippen LogP contribution in [0.4, 0.5) is 4.39 Å². The van der Waals surface area contributed by atoms with Crippen molar-refractivity contribution < 1.29 is 4.39 Å². The molecule has 0 fully saturated rings. The highest BCUT2D eigenvalue weighted by atomic mass is 35.5. The molecule has 0 radical (unpaired) electrons. The number of hydrogen-bond donors (Lipinski definition) is 1. The topological polar surface area (TPSA) is 55.6 Å². The molecular formula is C13H17ClFN5S. The third-order valence-electron chi connectivity index (χ3n) is 2.81. The van der Waals surface area contributed by atoms with Gasteiger partial charge >= 0.3 is 0 Å². The van der Waals surface area contributed by atoms with E-state index in [1.807, 2.05) is 0 Å². The van der Waals surface area contributed by atoms with Gasteiger partial charge in [0.1, 0.15) is 5.82 Å². The van der Waals surface area contributed by atoms with E-state index < -0.39 is 5.82 Å². The molecule has 0 bridgehead atoms. The molecule has 2 aromatic rings. The summed E-state index contributed by atoms with van der Waals surface area (Å²) < 4.78 is 15.1. The van der Waals surface area contributed by atoms with Gasteiger partial charge in [0, 0.05) is 12.3 Å². The van der Waals surface area contributed by atoms with Gasteiger partial charge in [-0.3, -0.25) is 0 Å². The van der Waals surface area contributed by atoms with Crippen molar-refractivity contribution in [3.8, 4) is 0 Å². The standard InChI is InChI=1S/C13H17ClFN5S/c1-2-6-16-7-8-20-13(17-18-19-20)21-9-10-4-3-5-11(15)12(10)14/h3-5,16H,2,6-9H2,1H3. The molecule has 0 atom stereocenters. The maximum absolute atomic E-state index is 13.4. The zero-order valence-corrected chi connectivity index (χ0v) is 13.3. The number of tetrazole rings is 1. The van der Waals surface area contributed by atoms with Gasteiger partial charge in [-0.1, -0.05) is 42.4 Å². The van der Waals surface area contributed by atoms with E-state index in [0.717, 1.165) is 25.1 Å². The molecule has 114 valence electrons. The zero-order chi connectivity index (χ0) is 15.1. The Labute approximate surface area is 132 Å². The van der Waals surface area contributed by atoms with Crippen LogP contribution in [0.3, 0.4) is 0 Å². The van der Waals surface area contributed by atoms with Crippen LogP contribution in [0.2, 0.25) is 5.02 Å². The number of aromatic nitrogens is 4. The van der Waals surface area contributed by atoms with Crippen LogP contribution < -0.4 is 5.32 Å². The van der Waals surface area contributed by atoms with Crippen LogP contribution in [0, 0.1) is 5.82 Å². The molecule has 1 N–H and O–H groups in total. The molecule has 1 aromatic heterocycles. The average Bonchev–Trinajstić information content (AvgIpc) is 2.93. The Kier molecular flexibility index (Phi) is 6.41. The Hall–Kier alpha value is -1.18. The van der Waals surface area contributed by atoms with Gasteiger partial charge < -0.3 is 5.32 Å². The van der Waals surface area contributed by atoms with Gasteiger partial charge in [0.15, 0.2) is 0 Å². The summed E-state index contributed by atoms with van der Waals surface area (Å²) in [4.78, 5) is 0. The minimum atomic E-state index is -0.405. The van der Waals surface area contributed by atoms with Gasteiger partial charge in [0.25, 0.3) is 0 Å². The molecule has 0 saturated carbocycles. The van der Waals surface area contributed by atoms with Crippen LogP contribution in [0.15, 0.2) is 23.4 Å². The first-order valence-electron chi connectivity index (χ1n) is 6.75. The molecule has 0 spiro atoms. The van der Waals surface area contributed by atoms with Gasteiger partial charge in [0.05, 0.1) is 11.6 Å². The summed E-state index contributed by atoms with van der Waals surface area (Å²) in [6.07, 6.45) is 1.09. The second-order valence-corrected chi connectivity index (χ2v) is 5.76. The van der Waals surface area contributed by atoms with Crippen LogP contribution >= 0.6 is 23.4 Å². The predicted molar refractivity (Wildman–Crippen MR) is 81.9 cm³/mol. The largest absolute Gasteiger partial charge is 0.315 e. The lowest BCUT2D eigenvalue weighted by molar-refractivity contribution is 0.510. The van der Waals surface area contributed by atoms with Crippen molar-refractivity contribution in [2.45, 2.75) is 30.8 Å². The quantitative estimate of drug-likeness (QED) is 0.596. The fourth-order valence-corrected chi connectivity index (χ4v) is 2.90. The molecule has 1 aromatic carbocycles. The summed E-state index contributed by atoms with van der Waals surface area (Å²) in [5.41, 5.74) is 0.736. The Morgan fingerprint density at radius 2 is 2.24 bits per heavy atom. The van der Waals surface area contributed by atoms with Crippen molar-refractivity contribution in [1.29, 1.82) is 0 Å². The maximum atomic E-state index is 13.4. The molecule has 0 saturated heterocycles. The monoisotopic (exact) mass is 329 g/mol. The molecular weight excluding hydrogens is 313 g/mol. The minimum absolute atomic E-state index is 0.161. The van der Waals surface area contributed by atoms with E-state index in [9.17, 15) is 4.39 Å². The smallest absolute Gasteiger partial charge is 0.209 e. The number of nitrogens with zero attached hydrogens (tertiary/aromatic N) is 4. The second kappa shape index (κ2) is 8.31. The SMILES string of the molecule is CCCNCCn1nnnc1SCc1cccc(F)c1Cl. The van der Waals surface area contributed by atoms with Crippen molar-refractivity contribution in [3.05, 3.63) is 34.6 Å². The van der Waals surface area contributed by atoms with Crippen LogP contribution in [-0.2, 0) is 12.3 Å². The lowest BCUT2D eigenvalue weighted by atomic mass is 10.2. The van der Waals surface area contributed by atoms with Crippen molar-refractivity contribution in [2.24, 2.45) is 0 Å². The molecule has 0 unspecified atom stereocenters. The summed E-state index contributed by atoms with van der Waals surface area (Å²) in [5.74, 6) is 0.123. The summed E-state index contributed by atoms with van der Waals surface area (Å²) in [7, 11) is 0. The lowest BCUT2D eigenvalue weighted by Gasteiger charge is -2.06. The van der Waals surface area contributed by atoms with Crippen molar-refractivity contribution in [2.75, 3.05) is 13.1 Å². The first-order valence-corrected chi connectivity index (χ1v) is 8.11. The summed E-state index contributed by atoms with van der Waals surface area (Å²) in [5, 5.41) is 15.8. The highest BCUT2D eigenvalue weighted by molar-refractivity contribution is 7.98. The van der Waals surface area contributed by atoms with E-state index in [0.29, 0.717) is 17.5 Å². The van der Waals surface area contributed by atoms with Crippen molar-refractivity contribution in [1.82, 2.24) is 25.5 Å². The third-order valence-corrected chi connectivity index (χ3v) is 4.24. The predicted octanol–water partition coefficient (Wildman–Crippen LogP) is 2.76. The number of hydrogen-bond acceptors (Lipinski definition) is 5. The summed E-state index contributed by atoms with van der Waals surface area (Å²) in [6, 6.07) is 4.80. The number of benzene rings is 1. The van der Waals surface area contributed by atoms with Crippen molar-refractivity contribution in [3.63, 3.8) is 0 Å². The number of halogens is 2. The van der Waals surface area contributed by atoms with E-state index in [2.05, 4.69) is 27.8 Å². The van der Waals surface area contributed by atoms with E-state index in [1.165, 1.54) is 17.8 Å². The average molecular weight is 330 g/mol. The van der Waals surface area contributed by atoms with E-state index in [-0.39, 0.29) is 5.02 Å². The molecule has 0 aliphatic rings. The summed E-state index contributed by atoms with van der Waals surface area (Å²) in [6.45, 7) is 4.61. The van der Waals surface area contributed by atoms with Gasteiger partial charge in [-0.15, -0.1) is 5.10 Å². The zero-order valence-electron chi connectivity index (χ0n) is 11.7. The molecule has 0 aliphatic heterocycles. The van der Waals surface area contributed by atoms with Gasteiger partial charge in [-0.2, -0.15) is 0 Å². The second-order valence-electron chi connectivity index (χ2n) is 4.44. The van der Waals surface area contributed by atoms with Crippen LogP contribution in [0.1, 0.15) is 18.9 Å². The Bertz CT molecular complexity index is 577. The molecule has 1 heterocycles. The summed E-state index contributed by atoms with van der Waals surface area (Å²) >= 11 is 7.38. The molecule has 5 nitrogen and oxygen atoms in total. The molecule has 21 heavy (non-hydrogen) atoms. The molecule has 8 heteroatoms. The number of nitrogens with one attached hydrogen (secondary N) is 1. The minimum Gasteiger partial charge on any atom is -0.315 e. The van der Waals surface area contributed by atoms with Crippen LogP contribution in [0.25, 0.3) is 0 Å². The van der Waals surface area contributed by atoms with Crippen LogP contribution in [-0.4, -0.2) is 33.3 Å². The van der Waals surface area contributed by atoms with E-state index >= 15 is 0 Å². The molecule has 0 amide bonds. The normalized spacial score (nSPS) is 11.0. The lowest BCUT2D eigenvalue weighted by Crippen LogP contribution is -2.21. The van der Waals surface area contributed by atoms with Gasteiger partial charge in [-0.25, -0.2) is 9.07 Å². The first-order chi connectivity index (χ1) is 10.2.